The monoisotopic (exact) mass is 431 g/mol. The molecule has 1 aliphatic heterocycles. The number of fused-ring (bicyclic) bond motifs is 2. The number of rotatable bonds is 4. The number of thiophene rings is 1. The summed E-state index contributed by atoms with van der Waals surface area (Å²) < 4.78 is 22.9. The fourth-order valence-electron chi connectivity index (χ4n) is 4.44. The van der Waals surface area contributed by atoms with Gasteiger partial charge < -0.3 is 25.0 Å². The summed E-state index contributed by atoms with van der Waals surface area (Å²) in [4.78, 5) is 27.8. The Morgan fingerprint density at radius 3 is 2.67 bits per heavy atom. The second-order valence-electron chi connectivity index (χ2n) is 8.08. The number of nitrogens with zero attached hydrogens (tertiary/aromatic N) is 2. The Bertz CT molecular complexity index is 1280. The Kier molecular flexibility index (Phi) is 4.30. The van der Waals surface area contributed by atoms with Crippen molar-refractivity contribution in [2.75, 3.05) is 25.1 Å². The molecule has 3 aromatic rings. The van der Waals surface area contributed by atoms with E-state index in [0.29, 0.717) is 34.9 Å². The van der Waals surface area contributed by atoms with Crippen LogP contribution in [0.1, 0.15) is 41.9 Å². The van der Waals surface area contributed by atoms with Crippen LogP contribution in [0.15, 0.2) is 10.9 Å². The summed E-state index contributed by atoms with van der Waals surface area (Å²) >= 11 is 1.10. The summed E-state index contributed by atoms with van der Waals surface area (Å²) in [6, 6.07) is 1.27. The number of Topliss-reactive ketones (excluding diaryl/α,β-unsaturated/α-hetero) is 1. The number of hydrogen-bond donors (Lipinski definition) is 2. The summed E-state index contributed by atoms with van der Waals surface area (Å²) in [7, 11) is 1.46. The van der Waals surface area contributed by atoms with Crippen LogP contribution in [0.4, 0.5) is 10.1 Å². The molecule has 9 heteroatoms. The van der Waals surface area contributed by atoms with E-state index in [1.165, 1.54) is 20.1 Å². The Morgan fingerprint density at radius 2 is 2.10 bits per heavy atom. The molecular formula is C21H22FN3O4S. The van der Waals surface area contributed by atoms with Gasteiger partial charge in [0.25, 0.3) is 0 Å². The van der Waals surface area contributed by atoms with Gasteiger partial charge in [0.15, 0.2) is 23.1 Å². The molecule has 2 aliphatic rings. The first-order valence-corrected chi connectivity index (χ1v) is 10.8. The first kappa shape index (κ1) is 19.3. The van der Waals surface area contributed by atoms with E-state index >= 15 is 4.39 Å². The number of aromatic nitrogens is 1. The number of methoxy groups -OCH3 is 1. The van der Waals surface area contributed by atoms with Gasteiger partial charge in [-0.25, -0.2) is 4.39 Å². The van der Waals surface area contributed by atoms with Crippen molar-refractivity contribution in [3.05, 3.63) is 27.0 Å². The molecule has 0 radical (unpaired) electrons. The van der Waals surface area contributed by atoms with E-state index in [4.69, 9.17) is 10.5 Å². The lowest BCUT2D eigenvalue weighted by Crippen LogP contribution is -2.27. The number of halogens is 1. The first-order valence-electron chi connectivity index (χ1n) is 9.95. The van der Waals surface area contributed by atoms with Crippen molar-refractivity contribution in [2.24, 2.45) is 5.73 Å². The predicted octanol–water partition coefficient (Wildman–Crippen LogP) is 3.14. The number of pyridine rings is 1. The van der Waals surface area contributed by atoms with Gasteiger partial charge >= 0.3 is 0 Å². The largest absolute Gasteiger partial charge is 0.505 e. The standard InChI is InChI=1S/C21H22FN3O4S/c1-9(26)20-18(28)14-17(27)12-7-13(22)16(24-6-5-10(23)8-24)19(29-2)15(12)25(11-3-4-11)21(14)30-20/h7,10-11,28H,3-6,8,23H2,1-2H3. The van der Waals surface area contributed by atoms with Gasteiger partial charge in [-0.05, 0) is 25.3 Å². The molecule has 1 unspecified atom stereocenters. The second-order valence-corrected chi connectivity index (χ2v) is 9.08. The molecule has 1 atom stereocenters. The molecule has 0 bridgehead atoms. The fraction of sp³-hybridized carbons (Fsp3) is 0.429. The van der Waals surface area contributed by atoms with Gasteiger partial charge in [-0.2, -0.15) is 0 Å². The summed E-state index contributed by atoms with van der Waals surface area (Å²) in [5.41, 5.74) is 6.34. The van der Waals surface area contributed by atoms with Crippen LogP contribution < -0.4 is 20.8 Å². The molecule has 1 aromatic carbocycles. The molecule has 1 saturated carbocycles. The van der Waals surface area contributed by atoms with Crippen LogP contribution in [0, 0.1) is 5.82 Å². The second kappa shape index (κ2) is 6.68. The average molecular weight is 431 g/mol. The lowest BCUT2D eigenvalue weighted by molar-refractivity contribution is 0.101. The molecule has 0 spiro atoms. The van der Waals surface area contributed by atoms with Crippen molar-refractivity contribution >= 4 is 43.9 Å². The molecule has 0 amide bonds. The van der Waals surface area contributed by atoms with Crippen LogP contribution in [0.2, 0.25) is 0 Å². The first-order chi connectivity index (χ1) is 14.3. The highest BCUT2D eigenvalue weighted by Gasteiger charge is 2.34. The third-order valence-corrected chi connectivity index (χ3v) is 7.23. The molecule has 1 saturated heterocycles. The lowest BCUT2D eigenvalue weighted by Gasteiger charge is -2.24. The van der Waals surface area contributed by atoms with Crippen LogP contribution in [-0.4, -0.2) is 41.7 Å². The SMILES string of the molecule is COc1c(N2CCC(N)C2)c(F)cc2c(=O)c3c(O)c(C(C)=O)sc3n(C3CC3)c12. The number of anilines is 1. The molecule has 158 valence electrons. The number of carbonyl (C=O) groups excluding carboxylic acids is 1. The van der Waals surface area contributed by atoms with Gasteiger partial charge in [0.1, 0.15) is 20.8 Å². The van der Waals surface area contributed by atoms with Crippen LogP contribution >= 0.6 is 11.3 Å². The highest BCUT2D eigenvalue weighted by molar-refractivity contribution is 7.21. The average Bonchev–Trinajstić information content (AvgIpc) is 3.35. The van der Waals surface area contributed by atoms with Crippen LogP contribution in [-0.2, 0) is 0 Å². The fourth-order valence-corrected chi connectivity index (χ4v) is 5.60. The molecule has 3 heterocycles. The minimum absolute atomic E-state index is 0.0507. The Balaban J connectivity index is 1.94. The van der Waals surface area contributed by atoms with E-state index in [9.17, 15) is 14.7 Å². The Morgan fingerprint density at radius 1 is 1.37 bits per heavy atom. The van der Waals surface area contributed by atoms with Crippen molar-refractivity contribution in [1.82, 2.24) is 4.57 Å². The number of carbonyl (C=O) groups is 1. The minimum atomic E-state index is -0.561. The lowest BCUT2D eigenvalue weighted by atomic mass is 10.1. The van der Waals surface area contributed by atoms with Crippen LogP contribution in [0.3, 0.4) is 0 Å². The molecule has 5 rings (SSSR count). The zero-order chi connectivity index (χ0) is 21.3. The number of benzene rings is 1. The van der Waals surface area contributed by atoms with E-state index in [1.807, 2.05) is 9.47 Å². The third kappa shape index (κ3) is 2.65. The van der Waals surface area contributed by atoms with E-state index in [0.717, 1.165) is 30.6 Å². The molecule has 7 nitrogen and oxygen atoms in total. The van der Waals surface area contributed by atoms with E-state index < -0.39 is 11.2 Å². The summed E-state index contributed by atoms with van der Waals surface area (Å²) in [6.45, 7) is 2.46. The maximum atomic E-state index is 15.3. The predicted molar refractivity (Wildman–Crippen MR) is 115 cm³/mol. The number of ether oxygens (including phenoxy) is 1. The quantitative estimate of drug-likeness (QED) is 0.616. The van der Waals surface area contributed by atoms with E-state index in [-0.39, 0.29) is 39.3 Å². The normalized spacial score (nSPS) is 19.2. The molecule has 2 fully saturated rings. The van der Waals surface area contributed by atoms with Gasteiger partial charge in [0.2, 0.25) is 5.43 Å². The molecule has 3 N–H and O–H groups in total. The number of aromatic hydroxyl groups is 1. The van der Waals surface area contributed by atoms with Gasteiger partial charge in [-0.15, -0.1) is 11.3 Å². The Labute approximate surface area is 175 Å². The van der Waals surface area contributed by atoms with Crippen molar-refractivity contribution in [3.8, 4) is 11.5 Å². The molecule has 2 aromatic heterocycles. The van der Waals surface area contributed by atoms with Gasteiger partial charge in [0, 0.05) is 32.1 Å². The van der Waals surface area contributed by atoms with Gasteiger partial charge in [-0.1, -0.05) is 0 Å². The summed E-state index contributed by atoms with van der Waals surface area (Å²) in [5.74, 6) is -0.904. The number of nitrogens with two attached hydrogens (primary N) is 1. The Hall–Kier alpha value is -2.65. The maximum absolute atomic E-state index is 15.3. The third-order valence-electron chi connectivity index (χ3n) is 5.96. The summed E-state index contributed by atoms with van der Waals surface area (Å²) in [5, 5.41) is 10.8. The van der Waals surface area contributed by atoms with Crippen LogP contribution in [0.5, 0.6) is 11.5 Å². The van der Waals surface area contributed by atoms with Crippen molar-refractivity contribution in [3.63, 3.8) is 0 Å². The summed E-state index contributed by atoms with van der Waals surface area (Å²) in [6.07, 6.45) is 2.53. The van der Waals surface area contributed by atoms with Crippen molar-refractivity contribution < 1.29 is 19.0 Å². The van der Waals surface area contributed by atoms with Crippen molar-refractivity contribution in [1.29, 1.82) is 0 Å². The zero-order valence-corrected chi connectivity index (χ0v) is 17.5. The number of ketones is 1. The highest BCUT2D eigenvalue weighted by atomic mass is 32.1. The van der Waals surface area contributed by atoms with Crippen LogP contribution in [0.25, 0.3) is 21.1 Å². The molecule has 30 heavy (non-hydrogen) atoms. The van der Waals surface area contributed by atoms with Gasteiger partial charge in [0.05, 0.1) is 18.0 Å². The van der Waals surface area contributed by atoms with E-state index in [2.05, 4.69) is 0 Å². The van der Waals surface area contributed by atoms with Gasteiger partial charge in [-0.3, -0.25) is 9.59 Å². The van der Waals surface area contributed by atoms with E-state index in [1.54, 1.807) is 0 Å². The van der Waals surface area contributed by atoms with Crippen molar-refractivity contribution in [2.45, 2.75) is 38.3 Å². The zero-order valence-electron chi connectivity index (χ0n) is 16.7. The number of hydrogen-bond acceptors (Lipinski definition) is 7. The topological polar surface area (TPSA) is 97.8 Å². The maximum Gasteiger partial charge on any atom is 0.202 e. The molecular weight excluding hydrogens is 409 g/mol. The minimum Gasteiger partial charge on any atom is -0.505 e. The smallest absolute Gasteiger partial charge is 0.202 e. The highest BCUT2D eigenvalue weighted by Crippen LogP contribution is 2.48. The molecule has 1 aliphatic carbocycles.